The fraction of sp³-hybridized carbons (Fsp3) is 0.714. The number of rotatable bonds is 6. The summed E-state index contributed by atoms with van der Waals surface area (Å²) in [6.07, 6.45) is 5.29. The smallest absolute Gasteiger partial charge is 0.234 e. The summed E-state index contributed by atoms with van der Waals surface area (Å²) >= 11 is 1.69. The molecular formula is C21H33N3O2S. The van der Waals surface area contributed by atoms with Crippen LogP contribution in [0.4, 0.5) is 0 Å². The summed E-state index contributed by atoms with van der Waals surface area (Å²) in [6.45, 7) is 8.25. The Labute approximate surface area is 167 Å². The van der Waals surface area contributed by atoms with Gasteiger partial charge in [-0.05, 0) is 62.6 Å². The Hall–Kier alpha value is -1.40. The highest BCUT2D eigenvalue weighted by atomic mass is 32.1. The molecule has 150 valence electrons. The predicted octanol–water partition coefficient (Wildman–Crippen LogP) is 3.29. The molecule has 0 spiro atoms. The van der Waals surface area contributed by atoms with Crippen LogP contribution in [-0.2, 0) is 9.59 Å². The summed E-state index contributed by atoms with van der Waals surface area (Å²) in [5.41, 5.74) is 0. The molecule has 5 nitrogen and oxygen atoms in total. The van der Waals surface area contributed by atoms with Crippen LogP contribution in [-0.4, -0.2) is 54.3 Å². The van der Waals surface area contributed by atoms with Gasteiger partial charge in [0.15, 0.2) is 0 Å². The van der Waals surface area contributed by atoms with Crippen LogP contribution in [0.25, 0.3) is 0 Å². The van der Waals surface area contributed by atoms with Crippen LogP contribution >= 0.6 is 11.3 Å². The second kappa shape index (κ2) is 9.69. The van der Waals surface area contributed by atoms with Gasteiger partial charge in [0, 0.05) is 23.9 Å². The molecular weight excluding hydrogens is 358 g/mol. The van der Waals surface area contributed by atoms with Crippen LogP contribution in [0.2, 0.25) is 0 Å². The second-order valence-electron chi connectivity index (χ2n) is 8.24. The van der Waals surface area contributed by atoms with Crippen LogP contribution in [0, 0.1) is 11.8 Å². The number of hydrogen-bond acceptors (Lipinski definition) is 4. The first-order chi connectivity index (χ1) is 13.0. The van der Waals surface area contributed by atoms with E-state index >= 15 is 0 Å². The fourth-order valence-electron chi connectivity index (χ4n) is 4.17. The highest BCUT2D eigenvalue weighted by molar-refractivity contribution is 7.10. The molecule has 0 bridgehead atoms. The van der Waals surface area contributed by atoms with Crippen LogP contribution in [0.1, 0.15) is 56.9 Å². The Balaban J connectivity index is 1.44. The van der Waals surface area contributed by atoms with Gasteiger partial charge < -0.3 is 10.2 Å². The molecule has 2 aliphatic rings. The van der Waals surface area contributed by atoms with E-state index in [9.17, 15) is 9.59 Å². The second-order valence-corrected chi connectivity index (χ2v) is 9.22. The lowest BCUT2D eigenvalue weighted by molar-refractivity contribution is -0.138. The summed E-state index contributed by atoms with van der Waals surface area (Å²) in [5, 5.41) is 5.26. The van der Waals surface area contributed by atoms with Crippen molar-refractivity contribution >= 4 is 23.2 Å². The lowest BCUT2D eigenvalue weighted by Crippen LogP contribution is -2.47. The molecule has 0 aliphatic carbocycles. The molecule has 0 saturated carbocycles. The minimum absolute atomic E-state index is 0.0794. The van der Waals surface area contributed by atoms with Crippen LogP contribution < -0.4 is 5.32 Å². The first-order valence-electron chi connectivity index (χ1n) is 10.4. The zero-order chi connectivity index (χ0) is 19.2. The maximum atomic E-state index is 12.7. The highest BCUT2D eigenvalue weighted by Crippen LogP contribution is 2.26. The lowest BCUT2D eigenvalue weighted by atomic mass is 9.94. The number of carbonyl (C=O) groups is 2. The average molecular weight is 392 g/mol. The van der Waals surface area contributed by atoms with Crippen LogP contribution in [0.3, 0.4) is 0 Å². The Morgan fingerprint density at radius 1 is 1.15 bits per heavy atom. The van der Waals surface area contributed by atoms with Gasteiger partial charge in [-0.2, -0.15) is 0 Å². The van der Waals surface area contributed by atoms with Gasteiger partial charge in [-0.15, -0.1) is 11.3 Å². The summed E-state index contributed by atoms with van der Waals surface area (Å²) in [4.78, 5) is 30.7. The van der Waals surface area contributed by atoms with Crippen LogP contribution in [0.5, 0.6) is 0 Å². The van der Waals surface area contributed by atoms with E-state index in [2.05, 4.69) is 40.4 Å². The van der Waals surface area contributed by atoms with E-state index in [0.29, 0.717) is 18.4 Å². The van der Waals surface area contributed by atoms with Crippen molar-refractivity contribution in [2.45, 2.75) is 52.0 Å². The molecule has 0 radical (unpaired) electrons. The molecule has 2 fully saturated rings. The molecule has 27 heavy (non-hydrogen) atoms. The first-order valence-corrected chi connectivity index (χ1v) is 11.3. The molecule has 1 N–H and O–H groups in total. The minimum Gasteiger partial charge on any atom is -0.347 e. The molecule has 0 unspecified atom stereocenters. The van der Waals surface area contributed by atoms with Gasteiger partial charge in [0.05, 0.1) is 12.6 Å². The quantitative estimate of drug-likeness (QED) is 0.810. The van der Waals surface area contributed by atoms with E-state index in [-0.39, 0.29) is 17.9 Å². The largest absolute Gasteiger partial charge is 0.347 e. The third-order valence-corrected chi connectivity index (χ3v) is 6.76. The predicted molar refractivity (Wildman–Crippen MR) is 110 cm³/mol. The third kappa shape index (κ3) is 5.55. The number of thiophene rings is 1. The minimum atomic E-state index is 0.0794. The van der Waals surface area contributed by atoms with Gasteiger partial charge in [0.25, 0.3) is 0 Å². The SMILES string of the molecule is CC(C)[C@H](NC(=O)CN1CCC(C(=O)N2CCCCC2)CC1)c1cccs1. The number of hydrogen-bond donors (Lipinski definition) is 1. The lowest BCUT2D eigenvalue weighted by Gasteiger charge is -2.35. The fourth-order valence-corrected chi connectivity index (χ4v) is 5.12. The Bertz CT molecular complexity index is 603. The normalized spacial score (nSPS) is 20.6. The molecule has 1 aromatic heterocycles. The van der Waals surface area contributed by atoms with Crippen LogP contribution in [0.15, 0.2) is 17.5 Å². The molecule has 1 atom stereocenters. The number of amides is 2. The van der Waals surface area contributed by atoms with E-state index in [1.165, 1.54) is 11.3 Å². The molecule has 2 amide bonds. The molecule has 2 saturated heterocycles. The Morgan fingerprint density at radius 3 is 2.44 bits per heavy atom. The highest BCUT2D eigenvalue weighted by Gasteiger charge is 2.30. The van der Waals surface area contributed by atoms with Gasteiger partial charge in [0.1, 0.15) is 0 Å². The first kappa shape index (κ1) is 20.3. The summed E-state index contributed by atoms with van der Waals surface area (Å²) in [6, 6.07) is 4.20. The van der Waals surface area contributed by atoms with E-state index in [1.54, 1.807) is 11.3 Å². The number of piperidine rings is 2. The van der Waals surface area contributed by atoms with Crippen molar-refractivity contribution in [3.05, 3.63) is 22.4 Å². The molecule has 3 heterocycles. The van der Waals surface area contributed by atoms with Crippen molar-refractivity contribution in [3.63, 3.8) is 0 Å². The van der Waals surface area contributed by atoms with Crippen molar-refractivity contribution in [2.75, 3.05) is 32.7 Å². The third-order valence-electron chi connectivity index (χ3n) is 5.80. The molecule has 2 aliphatic heterocycles. The van der Waals surface area contributed by atoms with Crippen molar-refractivity contribution in [3.8, 4) is 0 Å². The van der Waals surface area contributed by atoms with Crippen molar-refractivity contribution < 1.29 is 9.59 Å². The summed E-state index contributed by atoms with van der Waals surface area (Å²) < 4.78 is 0. The monoisotopic (exact) mass is 391 g/mol. The number of nitrogens with zero attached hydrogens (tertiary/aromatic N) is 2. The summed E-state index contributed by atoms with van der Waals surface area (Å²) in [5.74, 6) is 0.941. The van der Waals surface area contributed by atoms with Gasteiger partial charge in [-0.1, -0.05) is 19.9 Å². The standard InChI is InChI=1S/C21H33N3O2S/c1-16(2)20(18-7-6-14-27-18)22-19(25)15-23-12-8-17(9-13-23)21(26)24-10-4-3-5-11-24/h6-7,14,16-17,20H,3-5,8-13,15H2,1-2H3,(H,22,25)/t20-/m0/s1. The topological polar surface area (TPSA) is 52.7 Å². The number of likely N-dealkylation sites (tertiary alicyclic amines) is 2. The maximum absolute atomic E-state index is 12.7. The van der Waals surface area contributed by atoms with Gasteiger partial charge in [0.2, 0.25) is 11.8 Å². The van der Waals surface area contributed by atoms with E-state index in [0.717, 1.165) is 51.9 Å². The van der Waals surface area contributed by atoms with E-state index < -0.39 is 0 Å². The van der Waals surface area contributed by atoms with Gasteiger partial charge in [-0.3, -0.25) is 14.5 Å². The van der Waals surface area contributed by atoms with Crippen molar-refractivity contribution in [1.82, 2.24) is 15.1 Å². The number of nitrogens with one attached hydrogen (secondary N) is 1. The zero-order valence-corrected chi connectivity index (χ0v) is 17.5. The van der Waals surface area contributed by atoms with Gasteiger partial charge in [-0.25, -0.2) is 0 Å². The molecule has 1 aromatic rings. The molecule has 0 aromatic carbocycles. The van der Waals surface area contributed by atoms with E-state index in [4.69, 9.17) is 0 Å². The van der Waals surface area contributed by atoms with E-state index in [1.807, 2.05) is 6.07 Å². The summed E-state index contributed by atoms with van der Waals surface area (Å²) in [7, 11) is 0. The zero-order valence-electron chi connectivity index (χ0n) is 16.7. The van der Waals surface area contributed by atoms with Crippen molar-refractivity contribution in [1.29, 1.82) is 0 Å². The Kier molecular flexibility index (Phi) is 7.30. The average Bonchev–Trinajstić information content (AvgIpc) is 3.21. The number of carbonyl (C=O) groups excluding carboxylic acids is 2. The maximum Gasteiger partial charge on any atom is 0.234 e. The van der Waals surface area contributed by atoms with Crippen molar-refractivity contribution in [2.24, 2.45) is 11.8 Å². The van der Waals surface area contributed by atoms with Gasteiger partial charge >= 0.3 is 0 Å². The Morgan fingerprint density at radius 2 is 1.85 bits per heavy atom. The molecule has 6 heteroatoms. The molecule has 3 rings (SSSR count).